The van der Waals surface area contributed by atoms with Crippen LogP contribution in [0.1, 0.15) is 62.3 Å². The topological polar surface area (TPSA) is 21.3 Å². The van der Waals surface area contributed by atoms with Gasteiger partial charge < -0.3 is 10.1 Å². The standard InChI is InChI=1S/C18H29NO/c1-5-19-17(16-11-9-10-14(3)15(16)4)18(20-6-2)12-7-8-13-18/h9-11,17,19H,5-8,12-13H2,1-4H3. The highest BCUT2D eigenvalue weighted by Gasteiger charge is 2.43. The first-order chi connectivity index (χ1) is 9.64. The number of aryl methyl sites for hydroxylation is 1. The number of ether oxygens (including phenoxy) is 1. The van der Waals surface area contributed by atoms with Crippen LogP contribution in [0, 0.1) is 13.8 Å². The van der Waals surface area contributed by atoms with Gasteiger partial charge in [0.25, 0.3) is 0 Å². The monoisotopic (exact) mass is 275 g/mol. The summed E-state index contributed by atoms with van der Waals surface area (Å²) in [6.45, 7) is 10.5. The third-order valence-electron chi connectivity index (χ3n) is 4.77. The minimum atomic E-state index is -0.0106. The first-order valence-electron chi connectivity index (χ1n) is 8.08. The Labute approximate surface area is 123 Å². The number of hydrogen-bond donors (Lipinski definition) is 1. The van der Waals surface area contributed by atoms with E-state index < -0.39 is 0 Å². The van der Waals surface area contributed by atoms with E-state index in [1.807, 2.05) is 0 Å². The molecule has 1 atom stereocenters. The summed E-state index contributed by atoms with van der Waals surface area (Å²) in [6.07, 6.45) is 4.91. The maximum Gasteiger partial charge on any atom is 0.0876 e. The second-order valence-electron chi connectivity index (χ2n) is 5.98. The fraction of sp³-hybridized carbons (Fsp3) is 0.667. The summed E-state index contributed by atoms with van der Waals surface area (Å²) in [5.41, 5.74) is 4.19. The fourth-order valence-electron chi connectivity index (χ4n) is 3.65. The van der Waals surface area contributed by atoms with E-state index in [4.69, 9.17) is 4.74 Å². The van der Waals surface area contributed by atoms with Crippen LogP contribution in [-0.4, -0.2) is 18.8 Å². The van der Waals surface area contributed by atoms with Gasteiger partial charge in [-0.25, -0.2) is 0 Å². The van der Waals surface area contributed by atoms with Crippen molar-refractivity contribution >= 4 is 0 Å². The number of benzene rings is 1. The second kappa shape index (κ2) is 6.73. The van der Waals surface area contributed by atoms with E-state index in [2.05, 4.69) is 51.2 Å². The molecule has 0 heterocycles. The van der Waals surface area contributed by atoms with Crippen molar-refractivity contribution in [3.8, 4) is 0 Å². The Hall–Kier alpha value is -0.860. The molecule has 1 aromatic carbocycles. The molecule has 1 saturated carbocycles. The van der Waals surface area contributed by atoms with Gasteiger partial charge in [-0.2, -0.15) is 0 Å². The summed E-state index contributed by atoms with van der Waals surface area (Å²) in [5, 5.41) is 3.71. The summed E-state index contributed by atoms with van der Waals surface area (Å²) in [4.78, 5) is 0. The van der Waals surface area contributed by atoms with Gasteiger partial charge in [-0.3, -0.25) is 0 Å². The summed E-state index contributed by atoms with van der Waals surface area (Å²) in [7, 11) is 0. The first-order valence-corrected chi connectivity index (χ1v) is 8.08. The molecule has 1 fully saturated rings. The van der Waals surface area contributed by atoms with Gasteiger partial charge in [0.1, 0.15) is 0 Å². The summed E-state index contributed by atoms with van der Waals surface area (Å²) in [6, 6.07) is 6.96. The van der Waals surface area contributed by atoms with Crippen molar-refractivity contribution < 1.29 is 4.74 Å². The molecular weight excluding hydrogens is 246 g/mol. The van der Waals surface area contributed by atoms with E-state index in [1.54, 1.807) is 0 Å². The number of hydrogen-bond acceptors (Lipinski definition) is 2. The van der Waals surface area contributed by atoms with Gasteiger partial charge in [0.2, 0.25) is 0 Å². The Kier molecular flexibility index (Phi) is 5.22. The molecule has 0 spiro atoms. The van der Waals surface area contributed by atoms with E-state index >= 15 is 0 Å². The van der Waals surface area contributed by atoms with Crippen molar-refractivity contribution in [1.29, 1.82) is 0 Å². The summed E-state index contributed by atoms with van der Waals surface area (Å²) in [5.74, 6) is 0. The molecule has 0 saturated heterocycles. The molecule has 0 bridgehead atoms. The van der Waals surface area contributed by atoms with Crippen LogP contribution in [0.4, 0.5) is 0 Å². The Balaban J connectivity index is 2.41. The molecular formula is C18H29NO. The average molecular weight is 275 g/mol. The molecule has 2 nitrogen and oxygen atoms in total. The van der Waals surface area contributed by atoms with Crippen molar-refractivity contribution in [3.63, 3.8) is 0 Å². The van der Waals surface area contributed by atoms with Crippen molar-refractivity contribution in [2.45, 2.75) is 65.0 Å². The van der Waals surface area contributed by atoms with Crippen LogP contribution in [0.3, 0.4) is 0 Å². The zero-order valence-corrected chi connectivity index (χ0v) is 13.5. The van der Waals surface area contributed by atoms with Crippen LogP contribution in [-0.2, 0) is 4.74 Å². The molecule has 1 aromatic rings. The molecule has 1 N–H and O–H groups in total. The molecule has 112 valence electrons. The zero-order valence-electron chi connectivity index (χ0n) is 13.5. The summed E-state index contributed by atoms with van der Waals surface area (Å²) >= 11 is 0. The van der Waals surface area contributed by atoms with Crippen LogP contribution >= 0.6 is 0 Å². The van der Waals surface area contributed by atoms with Crippen LogP contribution in [0.5, 0.6) is 0 Å². The minimum Gasteiger partial charge on any atom is -0.373 e. The van der Waals surface area contributed by atoms with Gasteiger partial charge in [-0.15, -0.1) is 0 Å². The van der Waals surface area contributed by atoms with E-state index in [9.17, 15) is 0 Å². The second-order valence-corrected chi connectivity index (χ2v) is 5.98. The van der Waals surface area contributed by atoms with E-state index in [1.165, 1.54) is 42.4 Å². The smallest absolute Gasteiger partial charge is 0.0876 e. The maximum absolute atomic E-state index is 6.29. The maximum atomic E-state index is 6.29. The largest absolute Gasteiger partial charge is 0.373 e. The van der Waals surface area contributed by atoms with Crippen molar-refractivity contribution in [1.82, 2.24) is 5.32 Å². The van der Waals surface area contributed by atoms with E-state index in [0.717, 1.165) is 13.2 Å². The summed E-state index contributed by atoms with van der Waals surface area (Å²) < 4.78 is 6.29. The normalized spacial score (nSPS) is 19.2. The van der Waals surface area contributed by atoms with Crippen LogP contribution < -0.4 is 5.32 Å². The van der Waals surface area contributed by atoms with Crippen LogP contribution in [0.2, 0.25) is 0 Å². The lowest BCUT2D eigenvalue weighted by molar-refractivity contribution is -0.0624. The minimum absolute atomic E-state index is 0.0106. The van der Waals surface area contributed by atoms with Gasteiger partial charge >= 0.3 is 0 Å². The molecule has 1 unspecified atom stereocenters. The molecule has 0 amide bonds. The highest BCUT2D eigenvalue weighted by atomic mass is 16.5. The van der Waals surface area contributed by atoms with Crippen molar-refractivity contribution in [3.05, 3.63) is 34.9 Å². The third kappa shape index (κ3) is 2.91. The Bertz CT molecular complexity index is 435. The lowest BCUT2D eigenvalue weighted by atomic mass is 9.83. The lowest BCUT2D eigenvalue weighted by Crippen LogP contribution is -2.44. The highest BCUT2D eigenvalue weighted by Crippen LogP contribution is 2.44. The number of likely N-dealkylation sites (N-methyl/N-ethyl adjacent to an activating group) is 1. The first kappa shape index (κ1) is 15.5. The average Bonchev–Trinajstić information content (AvgIpc) is 2.90. The van der Waals surface area contributed by atoms with Gasteiger partial charge in [0.15, 0.2) is 0 Å². The van der Waals surface area contributed by atoms with Gasteiger partial charge in [0, 0.05) is 6.61 Å². The highest BCUT2D eigenvalue weighted by molar-refractivity contribution is 5.37. The molecule has 2 heteroatoms. The fourth-order valence-corrected chi connectivity index (χ4v) is 3.65. The van der Waals surface area contributed by atoms with Crippen LogP contribution in [0.25, 0.3) is 0 Å². The molecule has 1 aliphatic carbocycles. The Morgan fingerprint density at radius 3 is 2.50 bits per heavy atom. The molecule has 2 rings (SSSR count). The lowest BCUT2D eigenvalue weighted by Gasteiger charge is -2.39. The predicted molar refractivity (Wildman–Crippen MR) is 85.2 cm³/mol. The molecule has 20 heavy (non-hydrogen) atoms. The Morgan fingerprint density at radius 2 is 1.90 bits per heavy atom. The van der Waals surface area contributed by atoms with Crippen LogP contribution in [0.15, 0.2) is 18.2 Å². The number of nitrogens with one attached hydrogen (secondary N) is 1. The van der Waals surface area contributed by atoms with Gasteiger partial charge in [-0.1, -0.05) is 38.0 Å². The van der Waals surface area contributed by atoms with Gasteiger partial charge in [-0.05, 0) is 56.8 Å². The molecule has 0 aliphatic heterocycles. The Morgan fingerprint density at radius 1 is 1.20 bits per heavy atom. The number of rotatable bonds is 6. The van der Waals surface area contributed by atoms with Crippen molar-refractivity contribution in [2.75, 3.05) is 13.2 Å². The zero-order chi connectivity index (χ0) is 14.6. The quantitative estimate of drug-likeness (QED) is 0.835. The van der Waals surface area contributed by atoms with E-state index in [-0.39, 0.29) is 5.60 Å². The third-order valence-corrected chi connectivity index (χ3v) is 4.77. The van der Waals surface area contributed by atoms with Gasteiger partial charge in [0.05, 0.1) is 11.6 Å². The van der Waals surface area contributed by atoms with E-state index in [0.29, 0.717) is 6.04 Å². The SMILES string of the molecule is CCNC(c1cccc(C)c1C)C1(OCC)CCCC1. The van der Waals surface area contributed by atoms with Crippen molar-refractivity contribution in [2.24, 2.45) is 0 Å². The predicted octanol–water partition coefficient (Wildman–Crippen LogP) is 4.30. The molecule has 0 radical (unpaired) electrons. The molecule has 0 aromatic heterocycles. The molecule has 1 aliphatic rings.